The third-order valence-electron chi connectivity index (χ3n) is 2.66. The number of hydrogen-bond donors (Lipinski definition) is 1. The number of Topliss-reactive ketones (excluding diaryl/α,β-unsaturated/α-hetero) is 1. The standard InChI is InChI=1S/C9H17NO3S/c1-10-14(12,13)9-7-5-3-2-4-6-8(9)11/h9-10H,2-7H2,1H3. The van der Waals surface area contributed by atoms with Gasteiger partial charge in [0.25, 0.3) is 0 Å². The van der Waals surface area contributed by atoms with Gasteiger partial charge in [0.2, 0.25) is 10.0 Å². The summed E-state index contributed by atoms with van der Waals surface area (Å²) in [6.45, 7) is 0. The molecule has 82 valence electrons. The predicted molar refractivity (Wildman–Crippen MR) is 54.5 cm³/mol. The van der Waals surface area contributed by atoms with Crippen LogP contribution in [0.4, 0.5) is 0 Å². The Hall–Kier alpha value is -0.420. The Labute approximate surface area is 85.1 Å². The van der Waals surface area contributed by atoms with Crippen LogP contribution in [0.25, 0.3) is 0 Å². The molecule has 5 heteroatoms. The zero-order valence-corrected chi connectivity index (χ0v) is 9.27. The van der Waals surface area contributed by atoms with E-state index in [1.165, 1.54) is 7.05 Å². The van der Waals surface area contributed by atoms with Gasteiger partial charge in [-0.15, -0.1) is 0 Å². The van der Waals surface area contributed by atoms with Crippen LogP contribution in [0, 0.1) is 0 Å². The molecule has 0 amide bonds. The lowest BCUT2D eigenvalue weighted by atomic mass is 9.99. The highest BCUT2D eigenvalue weighted by Crippen LogP contribution is 2.19. The average molecular weight is 219 g/mol. The van der Waals surface area contributed by atoms with Gasteiger partial charge in [-0.3, -0.25) is 4.79 Å². The van der Waals surface area contributed by atoms with Crippen molar-refractivity contribution in [3.63, 3.8) is 0 Å². The third kappa shape index (κ3) is 2.78. The Balaban J connectivity index is 2.77. The molecule has 0 radical (unpaired) electrons. The number of carbonyl (C=O) groups excluding carboxylic acids is 1. The Kier molecular flexibility index (Phi) is 4.07. The molecule has 1 atom stereocenters. The number of rotatable bonds is 2. The topological polar surface area (TPSA) is 63.2 Å². The Bertz CT molecular complexity index is 297. The van der Waals surface area contributed by atoms with E-state index < -0.39 is 15.3 Å². The second-order valence-electron chi connectivity index (χ2n) is 3.66. The van der Waals surface area contributed by atoms with Crippen molar-refractivity contribution in [2.45, 2.75) is 43.8 Å². The summed E-state index contributed by atoms with van der Waals surface area (Å²) in [7, 11) is -2.05. The maximum Gasteiger partial charge on any atom is 0.221 e. The van der Waals surface area contributed by atoms with Crippen LogP contribution in [0.5, 0.6) is 0 Å². The van der Waals surface area contributed by atoms with E-state index in [-0.39, 0.29) is 5.78 Å². The molecule has 1 aliphatic rings. The normalized spacial score (nSPS) is 25.5. The summed E-state index contributed by atoms with van der Waals surface area (Å²) in [5, 5.41) is -0.812. The predicted octanol–water partition coefficient (Wildman–Crippen LogP) is 0.827. The van der Waals surface area contributed by atoms with Crippen molar-refractivity contribution in [1.82, 2.24) is 4.72 Å². The first-order valence-electron chi connectivity index (χ1n) is 5.03. The fourth-order valence-electron chi connectivity index (χ4n) is 1.77. The van der Waals surface area contributed by atoms with E-state index in [1.807, 2.05) is 0 Å². The van der Waals surface area contributed by atoms with Gasteiger partial charge in [0.05, 0.1) is 0 Å². The smallest absolute Gasteiger partial charge is 0.221 e. The molecular formula is C9H17NO3S. The van der Waals surface area contributed by atoms with Gasteiger partial charge in [0, 0.05) is 6.42 Å². The van der Waals surface area contributed by atoms with Crippen LogP contribution in [0.2, 0.25) is 0 Å². The molecule has 0 bridgehead atoms. The van der Waals surface area contributed by atoms with Gasteiger partial charge >= 0.3 is 0 Å². The Morgan fingerprint density at radius 3 is 2.50 bits per heavy atom. The fraction of sp³-hybridized carbons (Fsp3) is 0.889. The van der Waals surface area contributed by atoms with Crippen molar-refractivity contribution in [3.8, 4) is 0 Å². The molecule has 14 heavy (non-hydrogen) atoms. The maximum atomic E-state index is 11.6. The zero-order valence-electron chi connectivity index (χ0n) is 8.45. The number of nitrogens with one attached hydrogen (secondary N) is 1. The van der Waals surface area contributed by atoms with E-state index in [2.05, 4.69) is 4.72 Å². The highest BCUT2D eigenvalue weighted by molar-refractivity contribution is 7.90. The summed E-state index contributed by atoms with van der Waals surface area (Å²) >= 11 is 0. The summed E-state index contributed by atoms with van der Waals surface area (Å²) < 4.78 is 25.2. The highest BCUT2D eigenvalue weighted by Gasteiger charge is 2.30. The number of carbonyl (C=O) groups is 1. The summed E-state index contributed by atoms with van der Waals surface area (Å²) in [5.41, 5.74) is 0. The van der Waals surface area contributed by atoms with Crippen molar-refractivity contribution < 1.29 is 13.2 Å². The van der Waals surface area contributed by atoms with E-state index in [9.17, 15) is 13.2 Å². The quantitative estimate of drug-likeness (QED) is 0.748. The minimum Gasteiger partial charge on any atom is -0.298 e. The first-order valence-corrected chi connectivity index (χ1v) is 6.57. The molecule has 0 aromatic carbocycles. The fourth-order valence-corrected chi connectivity index (χ4v) is 3.00. The van der Waals surface area contributed by atoms with Crippen LogP contribution in [-0.4, -0.2) is 26.5 Å². The lowest BCUT2D eigenvalue weighted by Gasteiger charge is -2.18. The van der Waals surface area contributed by atoms with E-state index in [0.717, 1.165) is 25.7 Å². The molecule has 1 aliphatic carbocycles. The maximum absolute atomic E-state index is 11.6. The molecule has 1 rings (SSSR count). The minimum absolute atomic E-state index is 0.126. The van der Waals surface area contributed by atoms with Crippen LogP contribution in [0.1, 0.15) is 38.5 Å². The van der Waals surface area contributed by atoms with Gasteiger partial charge in [0.15, 0.2) is 5.78 Å². The van der Waals surface area contributed by atoms with Gasteiger partial charge in [-0.2, -0.15) is 0 Å². The monoisotopic (exact) mass is 219 g/mol. The lowest BCUT2D eigenvalue weighted by Crippen LogP contribution is -2.38. The first kappa shape index (κ1) is 11.7. The largest absolute Gasteiger partial charge is 0.298 e. The van der Waals surface area contributed by atoms with Crippen LogP contribution in [0.3, 0.4) is 0 Å². The molecule has 0 aliphatic heterocycles. The SMILES string of the molecule is CNS(=O)(=O)C1CCCCCCC1=O. The van der Waals surface area contributed by atoms with Gasteiger partial charge in [-0.05, 0) is 19.9 Å². The molecule has 0 spiro atoms. The highest BCUT2D eigenvalue weighted by atomic mass is 32.2. The van der Waals surface area contributed by atoms with Gasteiger partial charge in [-0.25, -0.2) is 13.1 Å². The molecule has 1 fully saturated rings. The Morgan fingerprint density at radius 1 is 1.21 bits per heavy atom. The number of sulfonamides is 1. The summed E-state index contributed by atoms with van der Waals surface area (Å²) in [4.78, 5) is 11.6. The third-order valence-corrected chi connectivity index (χ3v) is 4.47. The van der Waals surface area contributed by atoms with E-state index in [1.54, 1.807) is 0 Å². The molecule has 1 N–H and O–H groups in total. The Morgan fingerprint density at radius 2 is 1.86 bits per heavy atom. The zero-order chi connectivity index (χ0) is 10.6. The number of hydrogen-bond acceptors (Lipinski definition) is 3. The van der Waals surface area contributed by atoms with Crippen LogP contribution < -0.4 is 4.72 Å². The molecule has 4 nitrogen and oxygen atoms in total. The van der Waals surface area contributed by atoms with Crippen LogP contribution in [0.15, 0.2) is 0 Å². The van der Waals surface area contributed by atoms with Crippen molar-refractivity contribution in [2.24, 2.45) is 0 Å². The molecular weight excluding hydrogens is 202 g/mol. The first-order chi connectivity index (χ1) is 6.58. The van der Waals surface area contributed by atoms with E-state index in [0.29, 0.717) is 12.8 Å². The van der Waals surface area contributed by atoms with Crippen molar-refractivity contribution in [1.29, 1.82) is 0 Å². The molecule has 1 unspecified atom stereocenters. The lowest BCUT2D eigenvalue weighted by molar-refractivity contribution is -0.119. The molecule has 0 heterocycles. The minimum atomic E-state index is -3.41. The second-order valence-corrected chi connectivity index (χ2v) is 5.72. The van der Waals surface area contributed by atoms with Crippen molar-refractivity contribution in [3.05, 3.63) is 0 Å². The number of ketones is 1. The van der Waals surface area contributed by atoms with Crippen molar-refractivity contribution in [2.75, 3.05) is 7.05 Å². The molecule has 1 saturated carbocycles. The van der Waals surface area contributed by atoms with Crippen LogP contribution >= 0.6 is 0 Å². The molecule has 0 saturated heterocycles. The van der Waals surface area contributed by atoms with Gasteiger partial charge in [0.1, 0.15) is 5.25 Å². The average Bonchev–Trinajstić information content (AvgIpc) is 2.11. The summed E-state index contributed by atoms with van der Waals surface area (Å²) in [6, 6.07) is 0. The second kappa shape index (κ2) is 4.89. The van der Waals surface area contributed by atoms with Crippen LogP contribution in [-0.2, 0) is 14.8 Å². The van der Waals surface area contributed by atoms with Crippen molar-refractivity contribution >= 4 is 15.8 Å². The van der Waals surface area contributed by atoms with E-state index >= 15 is 0 Å². The van der Waals surface area contributed by atoms with Gasteiger partial charge in [-0.1, -0.05) is 19.3 Å². The molecule has 0 aromatic rings. The summed E-state index contributed by atoms with van der Waals surface area (Å²) in [5.74, 6) is -0.126. The van der Waals surface area contributed by atoms with E-state index in [4.69, 9.17) is 0 Å². The molecule has 0 aromatic heterocycles. The summed E-state index contributed by atoms with van der Waals surface area (Å²) in [6.07, 6.45) is 4.61. The van der Waals surface area contributed by atoms with Gasteiger partial charge < -0.3 is 0 Å².